The fourth-order valence-corrected chi connectivity index (χ4v) is 2.48. The summed E-state index contributed by atoms with van der Waals surface area (Å²) >= 11 is 0. The molecule has 7 nitrogen and oxygen atoms in total. The van der Waals surface area contributed by atoms with Crippen LogP contribution in [-0.4, -0.2) is 33.6 Å². The molecule has 2 rings (SSSR count). The van der Waals surface area contributed by atoms with Crippen molar-refractivity contribution in [2.45, 2.75) is 46.3 Å². The smallest absolute Gasteiger partial charge is 0.420 e. The highest BCUT2D eigenvalue weighted by Gasteiger charge is 2.39. The van der Waals surface area contributed by atoms with Gasteiger partial charge < -0.3 is 9.47 Å². The number of aromatic nitrogens is 3. The number of carbonyl (C=O) groups excluding carboxylic acids is 2. The Morgan fingerprint density at radius 2 is 1.89 bits per heavy atom. The number of alkyl halides is 3. The molecule has 0 amide bonds. The van der Waals surface area contributed by atoms with Crippen LogP contribution in [0.4, 0.5) is 13.2 Å². The Bertz CT molecular complexity index is 899. The standard InChI is InChI=1S/C18H20F3N3O4/c1-6-27-16(26)14-10(2)15(24(23-14)17(3,4)5)28-12-8-22-7-11(9-25)13(12)18(19,20)21/h7-9H,6H2,1-5H3. The van der Waals surface area contributed by atoms with E-state index < -0.39 is 34.6 Å². The van der Waals surface area contributed by atoms with E-state index in [9.17, 15) is 22.8 Å². The van der Waals surface area contributed by atoms with Gasteiger partial charge >= 0.3 is 12.1 Å². The summed E-state index contributed by atoms with van der Waals surface area (Å²) in [5.41, 5.74) is -2.50. The summed E-state index contributed by atoms with van der Waals surface area (Å²) in [4.78, 5) is 26.8. The van der Waals surface area contributed by atoms with Gasteiger partial charge in [-0.15, -0.1) is 0 Å². The predicted octanol–water partition coefficient (Wildman–Crippen LogP) is 4.14. The maximum atomic E-state index is 13.5. The van der Waals surface area contributed by atoms with E-state index in [4.69, 9.17) is 9.47 Å². The number of hydrogen-bond acceptors (Lipinski definition) is 6. The number of esters is 1. The van der Waals surface area contributed by atoms with Gasteiger partial charge in [-0.25, -0.2) is 9.48 Å². The molecule has 0 spiro atoms. The summed E-state index contributed by atoms with van der Waals surface area (Å²) in [6.07, 6.45) is -3.13. The van der Waals surface area contributed by atoms with E-state index in [1.165, 1.54) is 11.6 Å². The number of hydrogen-bond donors (Lipinski definition) is 0. The second-order valence-corrected chi connectivity index (χ2v) is 6.90. The lowest BCUT2D eigenvalue weighted by Gasteiger charge is -2.23. The molecule has 28 heavy (non-hydrogen) atoms. The predicted molar refractivity (Wildman–Crippen MR) is 92.6 cm³/mol. The topological polar surface area (TPSA) is 83.3 Å². The minimum Gasteiger partial charge on any atom is -0.461 e. The number of pyridine rings is 1. The van der Waals surface area contributed by atoms with Crippen LogP contribution < -0.4 is 4.74 Å². The third-order valence-corrected chi connectivity index (χ3v) is 3.73. The second-order valence-electron chi connectivity index (χ2n) is 6.90. The van der Waals surface area contributed by atoms with E-state index in [0.717, 1.165) is 12.4 Å². The normalized spacial score (nSPS) is 12.0. The van der Waals surface area contributed by atoms with Gasteiger partial charge in [0.2, 0.25) is 5.88 Å². The molecule has 0 aliphatic carbocycles. The number of nitrogens with zero attached hydrogens (tertiary/aromatic N) is 3. The summed E-state index contributed by atoms with van der Waals surface area (Å²) in [7, 11) is 0. The second kappa shape index (κ2) is 7.61. The Morgan fingerprint density at radius 3 is 2.39 bits per heavy atom. The molecule has 0 saturated carbocycles. The number of carbonyl (C=O) groups is 2. The maximum Gasteiger partial charge on any atom is 0.420 e. The third kappa shape index (κ3) is 4.15. The molecule has 0 aliphatic heterocycles. The van der Waals surface area contributed by atoms with Crippen molar-refractivity contribution in [2.75, 3.05) is 6.61 Å². The monoisotopic (exact) mass is 399 g/mol. The van der Waals surface area contributed by atoms with Crippen molar-refractivity contribution in [3.63, 3.8) is 0 Å². The van der Waals surface area contributed by atoms with E-state index in [1.54, 1.807) is 27.7 Å². The molecule has 0 saturated heterocycles. The summed E-state index contributed by atoms with van der Waals surface area (Å²) in [6, 6.07) is 0. The summed E-state index contributed by atoms with van der Waals surface area (Å²) in [5.74, 6) is -1.46. The average Bonchev–Trinajstić information content (AvgIpc) is 2.91. The quantitative estimate of drug-likeness (QED) is 0.555. The molecular weight excluding hydrogens is 379 g/mol. The SMILES string of the molecule is CCOC(=O)c1nn(C(C)(C)C)c(Oc2cncc(C=O)c2C(F)(F)F)c1C. The van der Waals surface area contributed by atoms with Crippen LogP contribution in [0.2, 0.25) is 0 Å². The molecular formula is C18H20F3N3O4. The zero-order valence-electron chi connectivity index (χ0n) is 16.0. The Labute approximate surface area is 159 Å². The van der Waals surface area contributed by atoms with Gasteiger partial charge in [0, 0.05) is 17.3 Å². The van der Waals surface area contributed by atoms with Gasteiger partial charge in [0.05, 0.1) is 18.3 Å². The van der Waals surface area contributed by atoms with Crippen molar-refractivity contribution in [2.24, 2.45) is 0 Å². The number of rotatable bonds is 5. The van der Waals surface area contributed by atoms with Crippen molar-refractivity contribution >= 4 is 12.3 Å². The van der Waals surface area contributed by atoms with Crippen LogP contribution in [0.5, 0.6) is 11.6 Å². The molecule has 0 aromatic carbocycles. The molecule has 0 atom stereocenters. The van der Waals surface area contributed by atoms with Gasteiger partial charge in [-0.2, -0.15) is 18.3 Å². The van der Waals surface area contributed by atoms with E-state index >= 15 is 0 Å². The van der Waals surface area contributed by atoms with Crippen LogP contribution in [-0.2, 0) is 16.5 Å². The van der Waals surface area contributed by atoms with Crippen LogP contribution in [0.1, 0.15) is 59.7 Å². The molecule has 2 heterocycles. The molecule has 2 aromatic heterocycles. The number of ether oxygens (including phenoxy) is 2. The van der Waals surface area contributed by atoms with Gasteiger partial charge in [0.15, 0.2) is 17.7 Å². The highest BCUT2D eigenvalue weighted by Crippen LogP contribution is 2.41. The van der Waals surface area contributed by atoms with Gasteiger partial charge in [-0.3, -0.25) is 9.78 Å². The van der Waals surface area contributed by atoms with E-state index in [-0.39, 0.29) is 30.0 Å². The fraction of sp³-hybridized carbons (Fsp3) is 0.444. The van der Waals surface area contributed by atoms with Crippen molar-refractivity contribution in [1.82, 2.24) is 14.8 Å². The lowest BCUT2D eigenvalue weighted by Crippen LogP contribution is -2.24. The molecule has 0 unspecified atom stereocenters. The number of halogens is 3. The average molecular weight is 399 g/mol. The van der Waals surface area contributed by atoms with E-state index in [2.05, 4.69) is 10.1 Å². The fourth-order valence-electron chi connectivity index (χ4n) is 2.48. The Kier molecular flexibility index (Phi) is 5.81. The lowest BCUT2D eigenvalue weighted by atomic mass is 10.1. The molecule has 0 N–H and O–H groups in total. The van der Waals surface area contributed by atoms with E-state index in [1.807, 2.05) is 0 Å². The van der Waals surface area contributed by atoms with E-state index in [0.29, 0.717) is 0 Å². The Balaban J connectivity index is 2.67. The summed E-state index contributed by atoms with van der Waals surface area (Å²) in [6.45, 7) is 8.45. The van der Waals surface area contributed by atoms with Crippen LogP contribution in [0.25, 0.3) is 0 Å². The first kappa shape index (κ1) is 21.4. The first-order valence-corrected chi connectivity index (χ1v) is 8.37. The first-order valence-electron chi connectivity index (χ1n) is 8.37. The first-order chi connectivity index (χ1) is 12.9. The zero-order valence-corrected chi connectivity index (χ0v) is 16.0. The maximum absolute atomic E-state index is 13.5. The summed E-state index contributed by atoms with van der Waals surface area (Å²) in [5, 5.41) is 4.18. The number of aldehydes is 1. The van der Waals surface area contributed by atoms with Gasteiger partial charge in [-0.05, 0) is 34.6 Å². The van der Waals surface area contributed by atoms with Crippen LogP contribution in [0.3, 0.4) is 0 Å². The molecule has 0 bridgehead atoms. The highest BCUT2D eigenvalue weighted by molar-refractivity contribution is 5.89. The zero-order chi connectivity index (χ0) is 21.3. The molecule has 10 heteroatoms. The van der Waals surface area contributed by atoms with Crippen molar-refractivity contribution in [3.8, 4) is 11.6 Å². The summed E-state index contributed by atoms with van der Waals surface area (Å²) < 4.78 is 52.3. The van der Waals surface area contributed by atoms with Crippen LogP contribution in [0.15, 0.2) is 12.4 Å². The molecule has 2 aromatic rings. The third-order valence-electron chi connectivity index (χ3n) is 3.73. The Morgan fingerprint density at radius 1 is 1.25 bits per heavy atom. The molecule has 0 fully saturated rings. The largest absolute Gasteiger partial charge is 0.461 e. The Hall–Kier alpha value is -2.91. The van der Waals surface area contributed by atoms with Crippen molar-refractivity contribution < 1.29 is 32.2 Å². The highest BCUT2D eigenvalue weighted by atomic mass is 19.4. The minimum atomic E-state index is -4.85. The molecule has 0 aliphatic rings. The van der Waals surface area contributed by atoms with Crippen molar-refractivity contribution in [1.29, 1.82) is 0 Å². The molecule has 0 radical (unpaired) electrons. The lowest BCUT2D eigenvalue weighted by molar-refractivity contribution is -0.138. The van der Waals surface area contributed by atoms with Gasteiger partial charge in [0.1, 0.15) is 5.56 Å². The van der Waals surface area contributed by atoms with Crippen LogP contribution in [0, 0.1) is 6.92 Å². The van der Waals surface area contributed by atoms with Crippen molar-refractivity contribution in [3.05, 3.63) is 34.8 Å². The van der Waals surface area contributed by atoms with Gasteiger partial charge in [-0.1, -0.05) is 0 Å². The van der Waals surface area contributed by atoms with Gasteiger partial charge in [0.25, 0.3) is 0 Å². The van der Waals surface area contributed by atoms with Crippen LogP contribution >= 0.6 is 0 Å². The molecule has 152 valence electrons. The minimum absolute atomic E-state index is 0.0562.